The van der Waals surface area contributed by atoms with E-state index in [2.05, 4.69) is 11.8 Å². The third-order valence-corrected chi connectivity index (χ3v) is 2.42. The van der Waals surface area contributed by atoms with Crippen LogP contribution in [0.2, 0.25) is 0 Å². The monoisotopic (exact) mass is 231 g/mol. The number of hydrogen-bond donors (Lipinski definition) is 0. The lowest BCUT2D eigenvalue weighted by molar-refractivity contribution is 0.112. The number of carbonyl (C=O) groups is 1. The van der Waals surface area contributed by atoms with Crippen LogP contribution < -0.4 is 0 Å². The topological polar surface area (TPSA) is 40.9 Å². The van der Waals surface area contributed by atoms with Gasteiger partial charge < -0.3 is 0 Å². The van der Waals surface area contributed by atoms with E-state index in [9.17, 15) is 4.79 Å². The number of nitrogens with zero attached hydrogens (tertiary/aromatic N) is 1. The Bertz CT molecular complexity index is 670. The van der Waals surface area contributed by atoms with Crippen LogP contribution >= 0.6 is 0 Å². The maximum absolute atomic E-state index is 10.9. The Balaban J connectivity index is 2.39. The second kappa shape index (κ2) is 5.48. The third kappa shape index (κ3) is 2.64. The summed E-state index contributed by atoms with van der Waals surface area (Å²) >= 11 is 0. The van der Waals surface area contributed by atoms with Gasteiger partial charge in [0.15, 0.2) is 6.29 Å². The quantitative estimate of drug-likeness (QED) is 0.559. The van der Waals surface area contributed by atoms with Crippen molar-refractivity contribution in [3.8, 4) is 17.9 Å². The minimum Gasteiger partial charge on any atom is -0.298 e. The summed E-state index contributed by atoms with van der Waals surface area (Å²) in [5.41, 5.74) is 2.42. The summed E-state index contributed by atoms with van der Waals surface area (Å²) in [6.07, 6.45) is 0.718. The average Bonchev–Trinajstić information content (AvgIpc) is 2.46. The van der Waals surface area contributed by atoms with Gasteiger partial charge in [-0.15, -0.1) is 0 Å². The molecule has 0 bridgehead atoms. The number of benzene rings is 2. The molecule has 0 amide bonds. The average molecular weight is 231 g/mol. The molecule has 0 unspecified atom stereocenters. The summed E-state index contributed by atoms with van der Waals surface area (Å²) in [5.74, 6) is 5.92. The van der Waals surface area contributed by atoms with Crippen molar-refractivity contribution in [1.29, 1.82) is 5.26 Å². The van der Waals surface area contributed by atoms with E-state index in [1.54, 1.807) is 18.2 Å². The molecule has 2 aromatic carbocycles. The van der Waals surface area contributed by atoms with Crippen LogP contribution in [0.15, 0.2) is 48.5 Å². The predicted octanol–water partition coefficient (Wildman–Crippen LogP) is 2.77. The summed E-state index contributed by atoms with van der Waals surface area (Å²) in [4.78, 5) is 10.9. The highest BCUT2D eigenvalue weighted by molar-refractivity contribution is 5.80. The summed E-state index contributed by atoms with van der Waals surface area (Å²) in [6.45, 7) is 0. The van der Waals surface area contributed by atoms with Gasteiger partial charge in [0.05, 0.1) is 11.6 Å². The Kier molecular flexibility index (Phi) is 3.54. The first-order chi connectivity index (χ1) is 8.83. The lowest BCUT2D eigenvalue weighted by atomic mass is 10.1. The van der Waals surface area contributed by atoms with Crippen LogP contribution in [-0.2, 0) is 0 Å². The molecule has 0 aliphatic heterocycles. The SMILES string of the molecule is N#Cc1ccc(C#Cc2ccccc2)c(C=O)c1. The number of rotatable bonds is 1. The normalized spacial score (nSPS) is 8.83. The van der Waals surface area contributed by atoms with Crippen LogP contribution in [0.4, 0.5) is 0 Å². The van der Waals surface area contributed by atoms with Crippen LogP contribution in [-0.4, -0.2) is 6.29 Å². The van der Waals surface area contributed by atoms with Crippen molar-refractivity contribution in [3.63, 3.8) is 0 Å². The molecule has 2 nitrogen and oxygen atoms in total. The molecular weight excluding hydrogens is 222 g/mol. The molecule has 0 radical (unpaired) electrons. The summed E-state index contributed by atoms with van der Waals surface area (Å²) in [5, 5.41) is 8.75. The van der Waals surface area contributed by atoms with Gasteiger partial charge in [-0.3, -0.25) is 4.79 Å². The van der Waals surface area contributed by atoms with E-state index in [0.717, 1.165) is 11.8 Å². The predicted molar refractivity (Wildman–Crippen MR) is 69.0 cm³/mol. The van der Waals surface area contributed by atoms with Gasteiger partial charge in [-0.1, -0.05) is 30.0 Å². The van der Waals surface area contributed by atoms with Crippen LogP contribution in [0.5, 0.6) is 0 Å². The van der Waals surface area contributed by atoms with Crippen LogP contribution in [0.3, 0.4) is 0 Å². The largest absolute Gasteiger partial charge is 0.298 e. The maximum Gasteiger partial charge on any atom is 0.151 e. The highest BCUT2D eigenvalue weighted by Gasteiger charge is 2.00. The van der Waals surface area contributed by atoms with Gasteiger partial charge in [0.2, 0.25) is 0 Å². The van der Waals surface area contributed by atoms with E-state index < -0.39 is 0 Å². The molecule has 0 N–H and O–H groups in total. The smallest absolute Gasteiger partial charge is 0.151 e. The molecule has 2 aromatic rings. The second-order valence-corrected chi connectivity index (χ2v) is 3.65. The molecule has 0 atom stereocenters. The zero-order chi connectivity index (χ0) is 12.8. The molecule has 0 spiro atoms. The van der Waals surface area contributed by atoms with Gasteiger partial charge in [-0.25, -0.2) is 0 Å². The van der Waals surface area contributed by atoms with Crippen molar-refractivity contribution in [2.75, 3.05) is 0 Å². The number of hydrogen-bond acceptors (Lipinski definition) is 2. The van der Waals surface area contributed by atoms with Gasteiger partial charge in [-0.05, 0) is 30.3 Å². The Morgan fingerprint density at radius 1 is 0.944 bits per heavy atom. The lowest BCUT2D eigenvalue weighted by Gasteiger charge is -1.96. The Labute approximate surface area is 106 Å². The fourth-order valence-electron chi connectivity index (χ4n) is 1.50. The standard InChI is InChI=1S/C16H9NO/c17-11-14-7-9-15(16(10-14)12-18)8-6-13-4-2-1-3-5-13/h1-5,7,9-10,12H. The minimum atomic E-state index is 0.442. The minimum absolute atomic E-state index is 0.442. The van der Waals surface area contributed by atoms with E-state index in [1.807, 2.05) is 36.4 Å². The molecule has 0 saturated carbocycles. The summed E-state index contributed by atoms with van der Waals surface area (Å²) < 4.78 is 0. The van der Waals surface area contributed by atoms with Gasteiger partial charge in [0, 0.05) is 16.7 Å². The molecule has 0 heterocycles. The Morgan fingerprint density at radius 2 is 1.72 bits per heavy atom. The Hall–Kier alpha value is -2.84. The molecule has 0 fully saturated rings. The van der Waals surface area contributed by atoms with Crippen molar-refractivity contribution >= 4 is 6.29 Å². The number of nitriles is 1. The van der Waals surface area contributed by atoms with Gasteiger partial charge in [-0.2, -0.15) is 5.26 Å². The van der Waals surface area contributed by atoms with Crippen molar-refractivity contribution in [1.82, 2.24) is 0 Å². The van der Waals surface area contributed by atoms with Crippen LogP contribution in [0, 0.1) is 23.2 Å². The van der Waals surface area contributed by atoms with Crippen molar-refractivity contribution in [3.05, 3.63) is 70.8 Å². The van der Waals surface area contributed by atoms with Crippen molar-refractivity contribution < 1.29 is 4.79 Å². The van der Waals surface area contributed by atoms with Crippen LogP contribution in [0.25, 0.3) is 0 Å². The van der Waals surface area contributed by atoms with E-state index in [4.69, 9.17) is 5.26 Å². The van der Waals surface area contributed by atoms with Gasteiger partial charge >= 0.3 is 0 Å². The molecule has 2 rings (SSSR count). The van der Waals surface area contributed by atoms with Gasteiger partial charge in [0.25, 0.3) is 0 Å². The number of aldehydes is 1. The summed E-state index contributed by atoms with van der Waals surface area (Å²) in [7, 11) is 0. The first-order valence-corrected chi connectivity index (χ1v) is 5.40. The molecule has 0 saturated heterocycles. The zero-order valence-electron chi connectivity index (χ0n) is 9.55. The van der Waals surface area contributed by atoms with E-state index >= 15 is 0 Å². The highest BCUT2D eigenvalue weighted by atomic mass is 16.1. The fraction of sp³-hybridized carbons (Fsp3) is 0. The number of carbonyl (C=O) groups excluding carboxylic acids is 1. The first-order valence-electron chi connectivity index (χ1n) is 5.40. The third-order valence-electron chi connectivity index (χ3n) is 2.42. The molecule has 0 aromatic heterocycles. The van der Waals surface area contributed by atoms with Crippen molar-refractivity contribution in [2.45, 2.75) is 0 Å². The lowest BCUT2D eigenvalue weighted by Crippen LogP contribution is -1.89. The summed E-state index contributed by atoms with van der Waals surface area (Å²) in [6, 6.07) is 16.4. The van der Waals surface area contributed by atoms with Crippen LogP contribution in [0.1, 0.15) is 27.0 Å². The Morgan fingerprint density at radius 3 is 2.39 bits per heavy atom. The van der Waals surface area contributed by atoms with E-state index in [1.165, 1.54) is 0 Å². The molecule has 2 heteroatoms. The molecule has 84 valence electrons. The molecule has 18 heavy (non-hydrogen) atoms. The van der Waals surface area contributed by atoms with Gasteiger partial charge in [0.1, 0.15) is 0 Å². The fourth-order valence-corrected chi connectivity index (χ4v) is 1.50. The first kappa shape index (κ1) is 11.6. The van der Waals surface area contributed by atoms with E-state index in [-0.39, 0.29) is 0 Å². The molecule has 0 aliphatic rings. The molecular formula is C16H9NO. The highest BCUT2D eigenvalue weighted by Crippen LogP contribution is 2.09. The second-order valence-electron chi connectivity index (χ2n) is 3.65. The zero-order valence-corrected chi connectivity index (χ0v) is 9.55. The van der Waals surface area contributed by atoms with E-state index in [0.29, 0.717) is 16.7 Å². The van der Waals surface area contributed by atoms with Crippen molar-refractivity contribution in [2.24, 2.45) is 0 Å². The molecule has 0 aliphatic carbocycles. The maximum atomic E-state index is 10.9.